The van der Waals surface area contributed by atoms with Gasteiger partial charge < -0.3 is 15.0 Å². The third-order valence-corrected chi connectivity index (χ3v) is 7.96. The molecule has 1 aromatic rings. The van der Waals surface area contributed by atoms with E-state index >= 15 is 0 Å². The van der Waals surface area contributed by atoms with Gasteiger partial charge >= 0.3 is 0 Å². The Morgan fingerprint density at radius 1 is 0.966 bits per heavy atom. The van der Waals surface area contributed by atoms with Gasteiger partial charge in [0.2, 0.25) is 5.91 Å². The molecule has 5 fully saturated rings. The summed E-state index contributed by atoms with van der Waals surface area (Å²) < 4.78 is 5.15. The Morgan fingerprint density at radius 3 is 2.03 bits per heavy atom. The van der Waals surface area contributed by atoms with E-state index in [0.717, 1.165) is 68.7 Å². The third-order valence-electron chi connectivity index (χ3n) is 7.96. The summed E-state index contributed by atoms with van der Waals surface area (Å²) in [5.41, 5.74) is 0.603. The molecule has 156 valence electrons. The number of ether oxygens (including phenoxy) is 1. The van der Waals surface area contributed by atoms with Crippen molar-refractivity contribution in [3.8, 4) is 5.75 Å². The Kier molecular flexibility index (Phi) is 4.79. The smallest absolute Gasteiger partial charge is 0.251 e. The number of likely N-dealkylation sites (tertiary alicyclic amines) is 1. The zero-order valence-corrected chi connectivity index (χ0v) is 17.4. The lowest BCUT2D eigenvalue weighted by Gasteiger charge is -2.57. The van der Waals surface area contributed by atoms with Crippen molar-refractivity contribution in [1.82, 2.24) is 10.2 Å². The van der Waals surface area contributed by atoms with E-state index in [2.05, 4.69) is 10.2 Å². The molecule has 1 saturated heterocycles. The van der Waals surface area contributed by atoms with Crippen molar-refractivity contribution in [2.75, 3.05) is 20.2 Å². The van der Waals surface area contributed by atoms with Gasteiger partial charge in [-0.25, -0.2) is 0 Å². The zero-order valence-electron chi connectivity index (χ0n) is 17.4. The third kappa shape index (κ3) is 3.53. The predicted octanol–water partition coefficient (Wildman–Crippen LogP) is 3.63. The molecule has 4 saturated carbocycles. The summed E-state index contributed by atoms with van der Waals surface area (Å²) in [6.45, 7) is 1.54. The first-order valence-corrected chi connectivity index (χ1v) is 11.3. The molecule has 0 unspecified atom stereocenters. The van der Waals surface area contributed by atoms with Gasteiger partial charge in [-0.2, -0.15) is 0 Å². The summed E-state index contributed by atoms with van der Waals surface area (Å²) in [4.78, 5) is 28.1. The van der Waals surface area contributed by atoms with Crippen LogP contribution in [0.15, 0.2) is 24.3 Å². The van der Waals surface area contributed by atoms with Gasteiger partial charge in [-0.3, -0.25) is 9.59 Å². The largest absolute Gasteiger partial charge is 0.497 e. The Bertz CT molecular complexity index is 745. The first-order chi connectivity index (χ1) is 14.0. The highest BCUT2D eigenvalue weighted by Crippen LogP contribution is 2.60. The number of rotatable bonds is 4. The highest BCUT2D eigenvalue weighted by Gasteiger charge is 2.55. The Balaban J connectivity index is 1.16. The van der Waals surface area contributed by atoms with Gasteiger partial charge in [0.15, 0.2) is 0 Å². The number of carbonyl (C=O) groups excluding carboxylic acids is 2. The lowest BCUT2D eigenvalue weighted by molar-refractivity contribution is -0.158. The van der Waals surface area contributed by atoms with Crippen molar-refractivity contribution >= 4 is 11.8 Å². The van der Waals surface area contributed by atoms with Crippen molar-refractivity contribution in [2.24, 2.45) is 23.2 Å². The van der Waals surface area contributed by atoms with Crippen molar-refractivity contribution in [3.63, 3.8) is 0 Å². The average molecular weight is 397 g/mol. The molecule has 4 aliphatic carbocycles. The number of nitrogens with zero attached hydrogens (tertiary/aromatic N) is 1. The molecular weight excluding hydrogens is 364 g/mol. The topological polar surface area (TPSA) is 58.6 Å². The SMILES string of the molecule is COc1ccc(C(=O)NC2CCN(C(=O)C34CC5CC(CC(C5)C3)C4)CC2)cc1. The van der Waals surface area contributed by atoms with Crippen LogP contribution in [0.5, 0.6) is 5.75 Å². The summed E-state index contributed by atoms with van der Waals surface area (Å²) >= 11 is 0. The van der Waals surface area contributed by atoms with Gasteiger partial charge in [-0.05, 0) is 93.4 Å². The van der Waals surface area contributed by atoms with Gasteiger partial charge in [-0.1, -0.05) is 0 Å². The van der Waals surface area contributed by atoms with Crippen LogP contribution in [0.2, 0.25) is 0 Å². The van der Waals surface area contributed by atoms with Crippen LogP contribution in [0.3, 0.4) is 0 Å². The number of hydrogen-bond donors (Lipinski definition) is 1. The summed E-state index contributed by atoms with van der Waals surface area (Å²) in [7, 11) is 1.62. The highest BCUT2D eigenvalue weighted by atomic mass is 16.5. The van der Waals surface area contributed by atoms with Crippen LogP contribution in [-0.2, 0) is 4.79 Å². The van der Waals surface area contributed by atoms with Gasteiger partial charge in [-0.15, -0.1) is 0 Å². The average Bonchev–Trinajstić information content (AvgIpc) is 2.73. The molecule has 0 spiro atoms. The number of benzene rings is 1. The molecular formula is C24H32N2O3. The minimum Gasteiger partial charge on any atom is -0.497 e. The van der Waals surface area contributed by atoms with Crippen LogP contribution in [0, 0.1) is 23.2 Å². The van der Waals surface area contributed by atoms with Crippen molar-refractivity contribution in [1.29, 1.82) is 0 Å². The summed E-state index contributed by atoms with van der Waals surface area (Å²) in [5, 5.41) is 3.15. The van der Waals surface area contributed by atoms with Crippen LogP contribution in [-0.4, -0.2) is 43.0 Å². The molecule has 0 radical (unpaired) electrons. The van der Waals surface area contributed by atoms with E-state index in [4.69, 9.17) is 4.74 Å². The van der Waals surface area contributed by atoms with Crippen LogP contribution >= 0.6 is 0 Å². The Morgan fingerprint density at radius 2 is 1.52 bits per heavy atom. The van der Waals surface area contributed by atoms with E-state index in [0.29, 0.717) is 11.5 Å². The molecule has 1 N–H and O–H groups in total. The van der Waals surface area contributed by atoms with Crippen molar-refractivity contribution in [2.45, 2.75) is 57.4 Å². The second kappa shape index (κ2) is 7.33. The molecule has 0 atom stereocenters. The Labute approximate surface area is 173 Å². The van der Waals surface area contributed by atoms with E-state index in [1.807, 2.05) is 12.1 Å². The molecule has 1 aromatic carbocycles. The normalized spacial score (nSPS) is 33.6. The molecule has 1 heterocycles. The van der Waals surface area contributed by atoms with Crippen LogP contribution in [0.1, 0.15) is 61.7 Å². The maximum Gasteiger partial charge on any atom is 0.251 e. The Hall–Kier alpha value is -2.04. The molecule has 5 aliphatic rings. The minimum atomic E-state index is -0.0477. The number of amides is 2. The van der Waals surface area contributed by atoms with E-state index in [1.165, 1.54) is 19.3 Å². The van der Waals surface area contributed by atoms with Crippen LogP contribution in [0.4, 0.5) is 0 Å². The second-order valence-corrected chi connectivity index (χ2v) is 9.97. The molecule has 29 heavy (non-hydrogen) atoms. The lowest BCUT2D eigenvalue weighted by Crippen LogP contribution is -2.56. The maximum atomic E-state index is 13.5. The lowest BCUT2D eigenvalue weighted by atomic mass is 9.49. The number of carbonyl (C=O) groups is 2. The minimum absolute atomic E-state index is 0.0430. The predicted molar refractivity (Wildman–Crippen MR) is 111 cm³/mol. The number of nitrogens with one attached hydrogen (secondary N) is 1. The summed E-state index contributed by atoms with van der Waals surface area (Å²) in [5.74, 6) is 3.53. The van der Waals surface area contributed by atoms with Gasteiger partial charge in [0.1, 0.15) is 5.75 Å². The van der Waals surface area contributed by atoms with Crippen molar-refractivity contribution in [3.05, 3.63) is 29.8 Å². The molecule has 1 aliphatic heterocycles. The maximum absolute atomic E-state index is 13.5. The quantitative estimate of drug-likeness (QED) is 0.845. The van der Waals surface area contributed by atoms with Gasteiger partial charge in [0.05, 0.1) is 12.5 Å². The molecule has 0 aromatic heterocycles. The van der Waals surface area contributed by atoms with E-state index in [9.17, 15) is 9.59 Å². The fraction of sp³-hybridized carbons (Fsp3) is 0.667. The van der Waals surface area contributed by atoms with Gasteiger partial charge in [0, 0.05) is 24.7 Å². The first-order valence-electron chi connectivity index (χ1n) is 11.3. The number of hydrogen-bond acceptors (Lipinski definition) is 3. The van der Waals surface area contributed by atoms with E-state index in [-0.39, 0.29) is 17.4 Å². The van der Waals surface area contributed by atoms with E-state index in [1.54, 1.807) is 19.2 Å². The van der Waals surface area contributed by atoms with Gasteiger partial charge in [0.25, 0.3) is 5.91 Å². The molecule has 6 rings (SSSR count). The van der Waals surface area contributed by atoms with Crippen LogP contribution < -0.4 is 10.1 Å². The van der Waals surface area contributed by atoms with E-state index < -0.39 is 0 Å². The first kappa shape index (κ1) is 19.0. The summed E-state index contributed by atoms with van der Waals surface area (Å²) in [6.07, 6.45) is 9.19. The highest BCUT2D eigenvalue weighted by molar-refractivity contribution is 5.94. The molecule has 5 nitrogen and oxygen atoms in total. The fourth-order valence-corrected chi connectivity index (χ4v) is 6.95. The summed E-state index contributed by atoms with van der Waals surface area (Å²) in [6, 6.07) is 7.34. The molecule has 2 amide bonds. The van der Waals surface area contributed by atoms with Crippen LogP contribution in [0.25, 0.3) is 0 Å². The van der Waals surface area contributed by atoms with Crippen molar-refractivity contribution < 1.29 is 14.3 Å². The second-order valence-electron chi connectivity index (χ2n) is 9.97. The monoisotopic (exact) mass is 396 g/mol. The molecule has 4 bridgehead atoms. The zero-order chi connectivity index (χ0) is 20.0. The number of piperidine rings is 1. The number of methoxy groups -OCH3 is 1. The molecule has 5 heteroatoms. The standard InChI is InChI=1S/C24H32N2O3/c1-29-21-4-2-19(3-5-21)22(27)25-20-6-8-26(9-7-20)23(28)24-13-16-10-17(14-24)12-18(11-16)15-24/h2-5,16-18,20H,6-15H2,1H3,(H,25,27). The fourth-order valence-electron chi connectivity index (χ4n) is 6.95.